The molecule has 0 amide bonds. The van der Waals surface area contributed by atoms with Gasteiger partial charge in [-0.2, -0.15) is 0 Å². The zero-order chi connectivity index (χ0) is 13.8. The first-order chi connectivity index (χ1) is 9.04. The van der Waals surface area contributed by atoms with Gasteiger partial charge in [-0.3, -0.25) is 0 Å². The SMILES string of the molecule is CC(C)Oc1cc(Sc2ccc(Cl)cn2)ccc1N. The van der Waals surface area contributed by atoms with Gasteiger partial charge in [0, 0.05) is 11.1 Å². The molecule has 0 aliphatic heterocycles. The Hall–Kier alpha value is -1.39. The highest BCUT2D eigenvalue weighted by Gasteiger charge is 2.06. The molecule has 3 nitrogen and oxygen atoms in total. The van der Waals surface area contributed by atoms with E-state index < -0.39 is 0 Å². The summed E-state index contributed by atoms with van der Waals surface area (Å²) in [5.74, 6) is 0.703. The maximum absolute atomic E-state index is 5.88. The molecule has 0 aliphatic carbocycles. The summed E-state index contributed by atoms with van der Waals surface area (Å²) >= 11 is 7.35. The van der Waals surface area contributed by atoms with E-state index in [0.717, 1.165) is 9.92 Å². The molecule has 0 atom stereocenters. The number of nitrogen functional groups attached to an aromatic ring is 1. The Bertz CT molecular complexity index is 558. The van der Waals surface area contributed by atoms with Gasteiger partial charge in [-0.1, -0.05) is 23.4 Å². The fraction of sp³-hybridized carbons (Fsp3) is 0.214. The third-order valence-corrected chi connectivity index (χ3v) is 3.43. The number of halogens is 1. The van der Waals surface area contributed by atoms with E-state index in [0.29, 0.717) is 16.5 Å². The molecule has 2 aromatic rings. The Labute approximate surface area is 122 Å². The molecular weight excluding hydrogens is 280 g/mol. The summed E-state index contributed by atoms with van der Waals surface area (Å²) in [6.07, 6.45) is 1.73. The minimum Gasteiger partial charge on any atom is -0.489 e. The van der Waals surface area contributed by atoms with Crippen molar-refractivity contribution in [2.24, 2.45) is 0 Å². The predicted octanol–water partition coefficient (Wildman–Crippen LogP) is 4.26. The van der Waals surface area contributed by atoms with Gasteiger partial charge in [-0.15, -0.1) is 0 Å². The molecule has 0 unspecified atom stereocenters. The smallest absolute Gasteiger partial charge is 0.143 e. The Morgan fingerprint density at radius 1 is 1.26 bits per heavy atom. The standard InChI is InChI=1S/C14H15ClN2OS/c1-9(2)18-13-7-11(4-5-12(13)16)19-14-6-3-10(15)8-17-14/h3-9H,16H2,1-2H3. The molecule has 0 spiro atoms. The lowest BCUT2D eigenvalue weighted by Crippen LogP contribution is -2.07. The van der Waals surface area contributed by atoms with Gasteiger partial charge in [-0.05, 0) is 44.2 Å². The topological polar surface area (TPSA) is 48.1 Å². The second-order valence-electron chi connectivity index (χ2n) is 4.28. The van der Waals surface area contributed by atoms with Crippen LogP contribution in [-0.4, -0.2) is 11.1 Å². The molecule has 0 radical (unpaired) electrons. The predicted molar refractivity (Wildman–Crippen MR) is 80.0 cm³/mol. The number of aromatic nitrogens is 1. The molecule has 1 aromatic carbocycles. The summed E-state index contributed by atoms with van der Waals surface area (Å²) in [6.45, 7) is 3.94. The minimum atomic E-state index is 0.0937. The summed E-state index contributed by atoms with van der Waals surface area (Å²) in [6, 6.07) is 9.42. The minimum absolute atomic E-state index is 0.0937. The summed E-state index contributed by atoms with van der Waals surface area (Å²) in [5.41, 5.74) is 6.52. The molecule has 100 valence electrons. The number of hydrogen-bond acceptors (Lipinski definition) is 4. The van der Waals surface area contributed by atoms with E-state index in [9.17, 15) is 0 Å². The first-order valence-electron chi connectivity index (χ1n) is 5.90. The highest BCUT2D eigenvalue weighted by Crippen LogP contribution is 2.32. The maximum atomic E-state index is 5.88. The van der Waals surface area contributed by atoms with Crippen molar-refractivity contribution < 1.29 is 4.74 Å². The van der Waals surface area contributed by atoms with Crippen LogP contribution in [0.4, 0.5) is 5.69 Å². The number of anilines is 1. The van der Waals surface area contributed by atoms with Crippen molar-refractivity contribution in [2.75, 3.05) is 5.73 Å². The normalized spacial score (nSPS) is 10.7. The molecule has 1 heterocycles. The Morgan fingerprint density at radius 3 is 2.68 bits per heavy atom. The quantitative estimate of drug-likeness (QED) is 0.856. The summed E-state index contributed by atoms with van der Waals surface area (Å²) in [5, 5.41) is 1.51. The fourth-order valence-corrected chi connectivity index (χ4v) is 2.37. The number of ether oxygens (including phenoxy) is 1. The third kappa shape index (κ3) is 4.04. The van der Waals surface area contributed by atoms with Crippen LogP contribution in [0, 0.1) is 0 Å². The van der Waals surface area contributed by atoms with Crippen LogP contribution in [0.15, 0.2) is 46.5 Å². The van der Waals surface area contributed by atoms with Gasteiger partial charge in [0.1, 0.15) is 10.8 Å². The third-order valence-electron chi connectivity index (χ3n) is 2.27. The van der Waals surface area contributed by atoms with Crippen LogP contribution in [0.3, 0.4) is 0 Å². The van der Waals surface area contributed by atoms with Gasteiger partial charge in [0.2, 0.25) is 0 Å². The van der Waals surface area contributed by atoms with Crippen molar-refractivity contribution in [2.45, 2.75) is 29.9 Å². The van der Waals surface area contributed by atoms with Crippen molar-refractivity contribution in [1.82, 2.24) is 4.98 Å². The Morgan fingerprint density at radius 2 is 2.05 bits per heavy atom. The molecule has 0 fully saturated rings. The first-order valence-corrected chi connectivity index (χ1v) is 7.09. The summed E-state index contributed by atoms with van der Waals surface area (Å²) in [7, 11) is 0. The highest BCUT2D eigenvalue weighted by atomic mass is 35.5. The van der Waals surface area contributed by atoms with Gasteiger partial charge in [-0.25, -0.2) is 4.98 Å². The molecule has 0 saturated carbocycles. The number of rotatable bonds is 4. The molecule has 0 aliphatic rings. The van der Waals surface area contributed by atoms with Gasteiger partial charge in [0.05, 0.1) is 16.8 Å². The second-order valence-corrected chi connectivity index (χ2v) is 5.81. The van der Waals surface area contributed by atoms with Gasteiger partial charge in [0.25, 0.3) is 0 Å². The van der Waals surface area contributed by atoms with Crippen molar-refractivity contribution in [1.29, 1.82) is 0 Å². The van der Waals surface area contributed by atoms with Crippen molar-refractivity contribution in [3.63, 3.8) is 0 Å². The van der Waals surface area contributed by atoms with Crippen molar-refractivity contribution in [3.8, 4) is 5.75 Å². The lowest BCUT2D eigenvalue weighted by atomic mass is 10.3. The van der Waals surface area contributed by atoms with Crippen LogP contribution in [0.1, 0.15) is 13.8 Å². The number of benzene rings is 1. The maximum Gasteiger partial charge on any atom is 0.143 e. The molecule has 0 saturated heterocycles. The van der Waals surface area contributed by atoms with E-state index in [4.69, 9.17) is 22.1 Å². The monoisotopic (exact) mass is 294 g/mol. The van der Waals surface area contributed by atoms with Crippen molar-refractivity contribution >= 4 is 29.1 Å². The van der Waals surface area contributed by atoms with Crippen LogP contribution in [0.2, 0.25) is 5.02 Å². The second kappa shape index (κ2) is 6.17. The van der Waals surface area contributed by atoms with Crippen LogP contribution < -0.4 is 10.5 Å². The summed E-state index contributed by atoms with van der Waals surface area (Å²) < 4.78 is 5.66. The molecule has 2 N–H and O–H groups in total. The summed E-state index contributed by atoms with van der Waals surface area (Å²) in [4.78, 5) is 5.27. The molecule has 5 heteroatoms. The van der Waals surface area contributed by atoms with E-state index in [1.807, 2.05) is 44.2 Å². The van der Waals surface area contributed by atoms with E-state index >= 15 is 0 Å². The van der Waals surface area contributed by atoms with Crippen LogP contribution in [-0.2, 0) is 0 Å². The lowest BCUT2D eigenvalue weighted by molar-refractivity contribution is 0.243. The molecule has 1 aromatic heterocycles. The fourth-order valence-electron chi connectivity index (χ4n) is 1.48. The zero-order valence-corrected chi connectivity index (χ0v) is 12.3. The molecule has 0 bridgehead atoms. The van der Waals surface area contributed by atoms with Crippen LogP contribution in [0.25, 0.3) is 0 Å². The molecule has 2 rings (SSSR count). The Kier molecular flexibility index (Phi) is 4.56. The van der Waals surface area contributed by atoms with Crippen LogP contribution in [0.5, 0.6) is 5.75 Å². The first kappa shape index (κ1) is 14.0. The highest BCUT2D eigenvalue weighted by molar-refractivity contribution is 7.99. The molecular formula is C14H15ClN2OS. The largest absolute Gasteiger partial charge is 0.489 e. The number of nitrogens with zero attached hydrogens (tertiary/aromatic N) is 1. The Balaban J connectivity index is 2.18. The number of pyridine rings is 1. The molecule has 19 heavy (non-hydrogen) atoms. The van der Waals surface area contributed by atoms with Crippen LogP contribution >= 0.6 is 23.4 Å². The van der Waals surface area contributed by atoms with Gasteiger partial charge >= 0.3 is 0 Å². The van der Waals surface area contributed by atoms with Gasteiger partial charge in [0.15, 0.2) is 0 Å². The number of hydrogen-bond donors (Lipinski definition) is 1. The van der Waals surface area contributed by atoms with E-state index in [1.165, 1.54) is 0 Å². The average Bonchev–Trinajstić information content (AvgIpc) is 2.36. The zero-order valence-electron chi connectivity index (χ0n) is 10.8. The number of nitrogens with two attached hydrogens (primary N) is 1. The van der Waals surface area contributed by atoms with Crippen molar-refractivity contribution in [3.05, 3.63) is 41.6 Å². The lowest BCUT2D eigenvalue weighted by Gasteiger charge is -2.13. The van der Waals surface area contributed by atoms with Gasteiger partial charge < -0.3 is 10.5 Å². The van der Waals surface area contributed by atoms with E-state index in [-0.39, 0.29) is 6.10 Å². The van der Waals surface area contributed by atoms with E-state index in [1.54, 1.807) is 18.0 Å². The van der Waals surface area contributed by atoms with E-state index in [2.05, 4.69) is 4.98 Å². The average molecular weight is 295 g/mol.